The lowest BCUT2D eigenvalue weighted by atomic mass is 9.71. The van der Waals surface area contributed by atoms with Crippen LogP contribution in [0.15, 0.2) is 0 Å². The van der Waals surface area contributed by atoms with Gasteiger partial charge in [-0.15, -0.1) is 0 Å². The first-order valence-electron chi connectivity index (χ1n) is 20.4. The van der Waals surface area contributed by atoms with Gasteiger partial charge >= 0.3 is 0 Å². The Balaban J connectivity index is 3.73. The molecule has 0 bridgehead atoms. The molecule has 0 saturated carbocycles. The maximum atomic E-state index is 12.1. The molecule has 1 unspecified atom stereocenters. The fourth-order valence-electron chi connectivity index (χ4n) is 6.53. The minimum atomic E-state index is -0.141. The summed E-state index contributed by atoms with van der Waals surface area (Å²) in [5.74, 6) is 0.585. The molecule has 3 heteroatoms. The van der Waals surface area contributed by atoms with Crippen LogP contribution in [0, 0.1) is 16.7 Å². The molecule has 0 amide bonds. The van der Waals surface area contributed by atoms with Crippen LogP contribution in [0.25, 0.3) is 0 Å². The van der Waals surface area contributed by atoms with Gasteiger partial charge in [-0.1, -0.05) is 189 Å². The third kappa shape index (κ3) is 33.5. The van der Waals surface area contributed by atoms with Crippen molar-refractivity contribution < 1.29 is 13.9 Å². The van der Waals surface area contributed by atoms with E-state index in [9.17, 15) is 4.39 Å². The van der Waals surface area contributed by atoms with Crippen LogP contribution in [0.5, 0.6) is 0 Å². The molecule has 0 aliphatic carbocycles. The largest absolute Gasteiger partial charge is 0.381 e. The molecule has 272 valence electrons. The van der Waals surface area contributed by atoms with Gasteiger partial charge < -0.3 is 9.47 Å². The van der Waals surface area contributed by atoms with Gasteiger partial charge in [-0.3, -0.25) is 4.39 Å². The first-order valence-corrected chi connectivity index (χ1v) is 20.4. The number of ether oxygens (including phenoxy) is 2. The van der Waals surface area contributed by atoms with Gasteiger partial charge in [0.2, 0.25) is 0 Å². The fraction of sp³-hybridized carbons (Fsp3) is 1.00. The number of rotatable bonds is 36. The molecule has 0 N–H and O–H groups in total. The van der Waals surface area contributed by atoms with E-state index in [0.717, 1.165) is 45.7 Å². The van der Waals surface area contributed by atoms with Gasteiger partial charge in [0.15, 0.2) is 0 Å². The lowest BCUT2D eigenvalue weighted by molar-refractivity contribution is 0.0205. The Labute approximate surface area is 284 Å². The minimum absolute atomic E-state index is 0.141. The van der Waals surface area contributed by atoms with Gasteiger partial charge in [-0.05, 0) is 48.9 Å². The molecule has 0 aliphatic heterocycles. The Bertz CT molecular complexity index is 570. The van der Waals surface area contributed by atoms with Gasteiger partial charge in [0.1, 0.15) is 0 Å². The molecule has 0 radical (unpaired) electrons. The molecule has 2 nitrogen and oxygen atoms in total. The van der Waals surface area contributed by atoms with E-state index in [4.69, 9.17) is 9.47 Å². The third-order valence-corrected chi connectivity index (χ3v) is 10.1. The van der Waals surface area contributed by atoms with E-state index in [-0.39, 0.29) is 17.5 Å². The van der Waals surface area contributed by atoms with Crippen molar-refractivity contribution in [2.75, 3.05) is 33.1 Å². The van der Waals surface area contributed by atoms with Crippen LogP contribution in [-0.2, 0) is 9.47 Å². The average Bonchev–Trinajstić information content (AvgIpc) is 2.99. The molecule has 0 heterocycles. The smallest absolute Gasteiger partial charge is 0.0894 e. The average molecular weight is 641 g/mol. The third-order valence-electron chi connectivity index (χ3n) is 10.1. The van der Waals surface area contributed by atoms with Crippen molar-refractivity contribution >= 4 is 0 Å². The van der Waals surface area contributed by atoms with Crippen LogP contribution in [0.4, 0.5) is 4.39 Å². The molecular weight excluding hydrogens is 555 g/mol. The lowest BCUT2D eigenvalue weighted by Gasteiger charge is -2.37. The second kappa shape index (κ2) is 32.4. The zero-order valence-corrected chi connectivity index (χ0v) is 32.1. The summed E-state index contributed by atoms with van der Waals surface area (Å²) in [7, 11) is 0. The van der Waals surface area contributed by atoms with Crippen molar-refractivity contribution in [3.63, 3.8) is 0 Å². The van der Waals surface area contributed by atoms with E-state index in [0.29, 0.717) is 5.92 Å². The number of halogens is 1. The number of hydrogen-bond donors (Lipinski definition) is 0. The topological polar surface area (TPSA) is 18.5 Å². The first kappa shape index (κ1) is 44.9. The monoisotopic (exact) mass is 641 g/mol. The highest BCUT2D eigenvalue weighted by Crippen LogP contribution is 2.38. The van der Waals surface area contributed by atoms with Crippen molar-refractivity contribution in [2.45, 2.75) is 221 Å². The number of hydrogen-bond acceptors (Lipinski definition) is 2. The molecular formula is C42H85FO2. The van der Waals surface area contributed by atoms with Crippen LogP contribution >= 0.6 is 0 Å². The summed E-state index contributed by atoms with van der Waals surface area (Å²) < 4.78 is 24.4. The standard InChI is InChI=1S/C42H85FO2/c1-7-8-9-10-11-12-13-16-20-23-26-29-32-36-45-39-40(41(2,3)4)38-42(5,6)33-37-44-35-31-28-25-22-19-17-14-15-18-21-24-27-30-34-43/h40H,7-39H2,1-6H3. The molecule has 0 rings (SSSR count). The highest BCUT2D eigenvalue weighted by Gasteiger charge is 2.31. The van der Waals surface area contributed by atoms with E-state index < -0.39 is 0 Å². The summed E-state index contributed by atoms with van der Waals surface area (Å²) in [6, 6.07) is 0. The van der Waals surface area contributed by atoms with Crippen molar-refractivity contribution in [3.05, 3.63) is 0 Å². The molecule has 0 aliphatic rings. The van der Waals surface area contributed by atoms with Gasteiger partial charge in [0, 0.05) is 26.4 Å². The Kier molecular flexibility index (Phi) is 32.3. The number of alkyl halides is 1. The van der Waals surface area contributed by atoms with E-state index in [1.807, 2.05) is 0 Å². The zero-order chi connectivity index (χ0) is 33.3. The van der Waals surface area contributed by atoms with Gasteiger partial charge in [0.05, 0.1) is 6.67 Å². The summed E-state index contributed by atoms with van der Waals surface area (Å²) in [6.45, 7) is 17.8. The molecule has 0 aromatic carbocycles. The summed E-state index contributed by atoms with van der Waals surface area (Å²) in [5, 5.41) is 0. The zero-order valence-electron chi connectivity index (χ0n) is 32.1. The maximum Gasteiger partial charge on any atom is 0.0894 e. The van der Waals surface area contributed by atoms with Crippen molar-refractivity contribution in [3.8, 4) is 0 Å². The van der Waals surface area contributed by atoms with Crippen molar-refractivity contribution in [1.82, 2.24) is 0 Å². The van der Waals surface area contributed by atoms with Crippen LogP contribution < -0.4 is 0 Å². The molecule has 0 aromatic rings. The van der Waals surface area contributed by atoms with Crippen LogP contribution in [0.2, 0.25) is 0 Å². The SMILES string of the molecule is CCCCCCCCCCCCCCCOCC(CC(C)(C)CCOCCCCCCCCCCCCCCCF)C(C)(C)C. The Morgan fingerprint density at radius 2 is 0.800 bits per heavy atom. The maximum absolute atomic E-state index is 12.1. The van der Waals surface area contributed by atoms with Gasteiger partial charge in [-0.25, -0.2) is 0 Å². The molecule has 0 saturated heterocycles. The van der Waals surface area contributed by atoms with Crippen LogP contribution in [-0.4, -0.2) is 33.1 Å². The predicted molar refractivity (Wildman–Crippen MR) is 199 cm³/mol. The Hall–Kier alpha value is -0.150. The predicted octanol–water partition coefficient (Wildman–Crippen LogP) is 14.6. The van der Waals surface area contributed by atoms with Crippen LogP contribution in [0.1, 0.15) is 221 Å². The van der Waals surface area contributed by atoms with Crippen molar-refractivity contribution in [1.29, 1.82) is 0 Å². The van der Waals surface area contributed by atoms with E-state index in [1.165, 1.54) is 161 Å². The number of unbranched alkanes of at least 4 members (excludes halogenated alkanes) is 24. The second-order valence-electron chi connectivity index (χ2n) is 16.4. The van der Waals surface area contributed by atoms with Crippen molar-refractivity contribution in [2.24, 2.45) is 16.7 Å². The summed E-state index contributed by atoms with van der Waals surface area (Å²) >= 11 is 0. The fourth-order valence-corrected chi connectivity index (χ4v) is 6.53. The lowest BCUT2D eigenvalue weighted by Crippen LogP contribution is -2.31. The summed E-state index contributed by atoms with van der Waals surface area (Å²) in [5.41, 5.74) is 0.552. The van der Waals surface area contributed by atoms with E-state index >= 15 is 0 Å². The molecule has 0 fully saturated rings. The molecule has 45 heavy (non-hydrogen) atoms. The molecule has 0 aromatic heterocycles. The highest BCUT2D eigenvalue weighted by atomic mass is 19.1. The summed E-state index contributed by atoms with van der Waals surface area (Å²) in [6.07, 6.45) is 37.0. The highest BCUT2D eigenvalue weighted by molar-refractivity contribution is 4.81. The summed E-state index contributed by atoms with van der Waals surface area (Å²) in [4.78, 5) is 0. The Morgan fingerprint density at radius 3 is 1.18 bits per heavy atom. The van der Waals surface area contributed by atoms with E-state index in [1.54, 1.807) is 0 Å². The second-order valence-corrected chi connectivity index (χ2v) is 16.4. The van der Waals surface area contributed by atoms with Crippen LogP contribution in [0.3, 0.4) is 0 Å². The molecule has 0 spiro atoms. The normalized spacial score (nSPS) is 13.1. The Morgan fingerprint density at radius 1 is 0.444 bits per heavy atom. The minimum Gasteiger partial charge on any atom is -0.381 e. The quantitative estimate of drug-likeness (QED) is 0.0634. The molecule has 1 atom stereocenters. The van der Waals surface area contributed by atoms with Gasteiger partial charge in [0.25, 0.3) is 0 Å². The van der Waals surface area contributed by atoms with Gasteiger partial charge in [-0.2, -0.15) is 0 Å². The van der Waals surface area contributed by atoms with E-state index in [2.05, 4.69) is 41.5 Å². The first-order chi connectivity index (χ1) is 21.7.